The van der Waals surface area contributed by atoms with Gasteiger partial charge in [-0.25, -0.2) is 10.6 Å². The molecule has 0 aromatic rings. The van der Waals surface area contributed by atoms with E-state index in [1.54, 1.807) is 0 Å². The number of nitrogens with two attached hydrogens (primary N) is 1. The molecule has 3 N–H and O–H groups in total. The number of amides is 1. The third kappa shape index (κ3) is 15.3. The maximum absolute atomic E-state index is 10.7. The first-order chi connectivity index (χ1) is 9.81. The zero-order chi connectivity index (χ0) is 14.9. The van der Waals surface area contributed by atoms with E-state index in [1.165, 1.54) is 70.6 Å². The molecule has 0 radical (unpaired) electrons. The van der Waals surface area contributed by atoms with E-state index in [0.29, 0.717) is 6.61 Å². The SMILES string of the molecule is CCCCCCCCCCCCCCCOC(=O)NN. The van der Waals surface area contributed by atoms with Gasteiger partial charge in [0.1, 0.15) is 0 Å². The van der Waals surface area contributed by atoms with E-state index in [1.807, 2.05) is 5.43 Å². The molecular formula is C16H34N2O2. The summed E-state index contributed by atoms with van der Waals surface area (Å²) in [5, 5.41) is 0. The minimum Gasteiger partial charge on any atom is -0.449 e. The Morgan fingerprint density at radius 2 is 1.20 bits per heavy atom. The van der Waals surface area contributed by atoms with Gasteiger partial charge >= 0.3 is 6.09 Å². The molecule has 0 spiro atoms. The van der Waals surface area contributed by atoms with Gasteiger partial charge in [-0.15, -0.1) is 0 Å². The molecule has 120 valence electrons. The molecular weight excluding hydrogens is 252 g/mol. The van der Waals surface area contributed by atoms with Crippen LogP contribution in [0.5, 0.6) is 0 Å². The molecule has 0 rings (SSSR count). The lowest BCUT2D eigenvalue weighted by molar-refractivity contribution is 0.144. The van der Waals surface area contributed by atoms with Crippen LogP contribution in [0.15, 0.2) is 0 Å². The Hall–Kier alpha value is -0.770. The predicted molar refractivity (Wildman–Crippen MR) is 84.4 cm³/mol. The van der Waals surface area contributed by atoms with Crippen molar-refractivity contribution in [1.29, 1.82) is 0 Å². The van der Waals surface area contributed by atoms with Crippen molar-refractivity contribution < 1.29 is 9.53 Å². The molecule has 4 heteroatoms. The number of hydrogen-bond donors (Lipinski definition) is 2. The number of hydrazine groups is 1. The van der Waals surface area contributed by atoms with E-state index in [9.17, 15) is 4.79 Å². The summed E-state index contributed by atoms with van der Waals surface area (Å²) in [4.78, 5) is 10.7. The first-order valence-corrected chi connectivity index (χ1v) is 8.44. The van der Waals surface area contributed by atoms with Crippen molar-refractivity contribution >= 4 is 6.09 Å². The molecule has 0 aliphatic heterocycles. The topological polar surface area (TPSA) is 64.3 Å². The highest BCUT2D eigenvalue weighted by Crippen LogP contribution is 2.12. The lowest BCUT2D eigenvalue weighted by Crippen LogP contribution is -2.30. The molecule has 20 heavy (non-hydrogen) atoms. The Balaban J connectivity index is 2.97. The third-order valence-corrected chi connectivity index (χ3v) is 3.60. The van der Waals surface area contributed by atoms with Crippen LogP contribution >= 0.6 is 0 Å². The first-order valence-electron chi connectivity index (χ1n) is 8.44. The van der Waals surface area contributed by atoms with Crippen LogP contribution in [-0.2, 0) is 4.74 Å². The Morgan fingerprint density at radius 1 is 0.800 bits per heavy atom. The van der Waals surface area contributed by atoms with Gasteiger partial charge in [0.25, 0.3) is 0 Å². The minimum atomic E-state index is -0.538. The molecule has 4 nitrogen and oxygen atoms in total. The second-order valence-corrected chi connectivity index (χ2v) is 5.52. The summed E-state index contributed by atoms with van der Waals surface area (Å²) in [5.74, 6) is 4.90. The zero-order valence-corrected chi connectivity index (χ0v) is 13.3. The van der Waals surface area contributed by atoms with E-state index >= 15 is 0 Å². The second-order valence-electron chi connectivity index (χ2n) is 5.52. The fourth-order valence-corrected chi connectivity index (χ4v) is 2.33. The quantitative estimate of drug-likeness (QED) is 0.211. The molecule has 0 fully saturated rings. The predicted octanol–water partition coefficient (Wildman–Crippen LogP) is 4.68. The van der Waals surface area contributed by atoms with Crippen LogP contribution < -0.4 is 11.3 Å². The van der Waals surface area contributed by atoms with Gasteiger partial charge in [0.05, 0.1) is 6.61 Å². The van der Waals surface area contributed by atoms with Gasteiger partial charge < -0.3 is 4.74 Å². The molecule has 0 aromatic heterocycles. The Kier molecular flexibility index (Phi) is 15.7. The molecule has 0 heterocycles. The van der Waals surface area contributed by atoms with Crippen molar-refractivity contribution in [3.63, 3.8) is 0 Å². The van der Waals surface area contributed by atoms with E-state index in [4.69, 9.17) is 10.6 Å². The fraction of sp³-hybridized carbons (Fsp3) is 0.938. The number of ether oxygens (including phenoxy) is 1. The Bertz CT molecular complexity index is 211. The van der Waals surface area contributed by atoms with Crippen molar-refractivity contribution in [2.24, 2.45) is 5.84 Å². The normalized spacial score (nSPS) is 10.5. The second kappa shape index (κ2) is 16.3. The van der Waals surface area contributed by atoms with Crippen LogP contribution in [0.4, 0.5) is 4.79 Å². The maximum atomic E-state index is 10.7. The van der Waals surface area contributed by atoms with Gasteiger partial charge in [0, 0.05) is 0 Å². The van der Waals surface area contributed by atoms with Crippen LogP contribution in [0, 0.1) is 0 Å². The van der Waals surface area contributed by atoms with Gasteiger partial charge in [-0.2, -0.15) is 0 Å². The van der Waals surface area contributed by atoms with Gasteiger partial charge in [0.2, 0.25) is 0 Å². The molecule has 0 saturated carbocycles. The molecule has 1 amide bonds. The van der Waals surface area contributed by atoms with E-state index in [-0.39, 0.29) is 0 Å². The van der Waals surface area contributed by atoms with Crippen LogP contribution in [-0.4, -0.2) is 12.7 Å². The molecule has 0 aliphatic carbocycles. The highest BCUT2D eigenvalue weighted by molar-refractivity contribution is 5.66. The summed E-state index contributed by atoms with van der Waals surface area (Å²) >= 11 is 0. The van der Waals surface area contributed by atoms with Crippen molar-refractivity contribution in [3.05, 3.63) is 0 Å². The molecule has 0 unspecified atom stereocenters. The highest BCUT2D eigenvalue weighted by Gasteiger charge is 1.97. The summed E-state index contributed by atoms with van der Waals surface area (Å²) in [6, 6.07) is 0. The maximum Gasteiger partial charge on any atom is 0.421 e. The summed E-state index contributed by atoms with van der Waals surface area (Å²) in [6.45, 7) is 2.74. The average Bonchev–Trinajstić information content (AvgIpc) is 2.47. The van der Waals surface area contributed by atoms with E-state index in [0.717, 1.165) is 12.8 Å². The van der Waals surface area contributed by atoms with Crippen LogP contribution in [0.25, 0.3) is 0 Å². The summed E-state index contributed by atoms with van der Waals surface area (Å²) in [7, 11) is 0. The first kappa shape index (κ1) is 19.2. The lowest BCUT2D eigenvalue weighted by Gasteiger charge is -2.04. The van der Waals surface area contributed by atoms with Crippen LogP contribution in [0.2, 0.25) is 0 Å². The summed E-state index contributed by atoms with van der Waals surface area (Å²) in [5.41, 5.74) is 1.95. The highest BCUT2D eigenvalue weighted by atomic mass is 16.5. The van der Waals surface area contributed by atoms with Crippen molar-refractivity contribution in [1.82, 2.24) is 5.43 Å². The molecule has 0 aliphatic rings. The van der Waals surface area contributed by atoms with Crippen molar-refractivity contribution in [2.45, 2.75) is 90.4 Å². The standard InChI is InChI=1S/C16H34N2O2/c1-2-3-4-5-6-7-8-9-10-11-12-13-14-15-20-16(19)18-17/h2-15,17H2,1H3,(H,18,19). The zero-order valence-electron chi connectivity index (χ0n) is 13.3. The largest absolute Gasteiger partial charge is 0.449 e. The number of rotatable bonds is 14. The van der Waals surface area contributed by atoms with Crippen molar-refractivity contribution in [2.75, 3.05) is 6.61 Å². The van der Waals surface area contributed by atoms with Crippen LogP contribution in [0.3, 0.4) is 0 Å². The summed E-state index contributed by atoms with van der Waals surface area (Å²) < 4.78 is 4.82. The minimum absolute atomic E-state index is 0.473. The Labute approximate surface area is 124 Å². The molecule has 0 atom stereocenters. The number of hydrogen-bond acceptors (Lipinski definition) is 3. The lowest BCUT2D eigenvalue weighted by atomic mass is 10.0. The van der Waals surface area contributed by atoms with E-state index < -0.39 is 6.09 Å². The van der Waals surface area contributed by atoms with Gasteiger partial charge in [-0.05, 0) is 6.42 Å². The van der Waals surface area contributed by atoms with Gasteiger partial charge in [0.15, 0.2) is 0 Å². The van der Waals surface area contributed by atoms with Gasteiger partial charge in [-0.1, -0.05) is 84.0 Å². The Morgan fingerprint density at radius 3 is 1.60 bits per heavy atom. The summed E-state index contributed by atoms with van der Waals surface area (Å²) in [6.07, 6.45) is 16.6. The van der Waals surface area contributed by atoms with Crippen LogP contribution in [0.1, 0.15) is 90.4 Å². The monoisotopic (exact) mass is 286 g/mol. The smallest absolute Gasteiger partial charge is 0.421 e. The van der Waals surface area contributed by atoms with Gasteiger partial charge in [-0.3, -0.25) is 5.43 Å². The number of unbranched alkanes of at least 4 members (excludes halogenated alkanes) is 12. The third-order valence-electron chi connectivity index (χ3n) is 3.60. The van der Waals surface area contributed by atoms with E-state index in [2.05, 4.69) is 6.92 Å². The number of nitrogens with one attached hydrogen (secondary N) is 1. The van der Waals surface area contributed by atoms with Crippen molar-refractivity contribution in [3.8, 4) is 0 Å². The fourth-order valence-electron chi connectivity index (χ4n) is 2.33. The average molecular weight is 286 g/mol. The molecule has 0 aromatic carbocycles. The molecule has 0 bridgehead atoms. The number of carbonyl (C=O) groups is 1. The molecule has 0 saturated heterocycles. The number of carbonyl (C=O) groups excluding carboxylic acids is 1.